The van der Waals surface area contributed by atoms with E-state index in [9.17, 15) is 9.59 Å². The molecule has 2 rings (SSSR count). The molecule has 6 nitrogen and oxygen atoms in total. The van der Waals surface area contributed by atoms with Crippen molar-refractivity contribution >= 4 is 23.2 Å². The lowest BCUT2D eigenvalue weighted by atomic mass is 10.1. The van der Waals surface area contributed by atoms with Crippen LogP contribution in [0.1, 0.15) is 5.56 Å². The molecule has 2 N–H and O–H groups in total. The van der Waals surface area contributed by atoms with Crippen molar-refractivity contribution in [3.05, 3.63) is 35.5 Å². The number of rotatable bonds is 5. The number of anilines is 2. The van der Waals surface area contributed by atoms with Crippen molar-refractivity contribution in [3.8, 4) is 0 Å². The number of hydrogen-bond acceptors (Lipinski definition) is 5. The van der Waals surface area contributed by atoms with E-state index in [1.54, 1.807) is 0 Å². The Hall–Kier alpha value is -2.34. The number of carbonyl (C=O) groups excluding carboxylic acids is 2. The van der Waals surface area contributed by atoms with Gasteiger partial charge in [0.15, 0.2) is 0 Å². The minimum atomic E-state index is -0.413. The maximum absolute atomic E-state index is 12.1. The highest BCUT2D eigenvalue weighted by atomic mass is 16.3. The summed E-state index contributed by atoms with van der Waals surface area (Å²) in [6.07, 6.45) is 1.26. The summed E-state index contributed by atoms with van der Waals surface area (Å²) in [4.78, 5) is 26.8. The van der Waals surface area contributed by atoms with Crippen LogP contribution in [0.5, 0.6) is 0 Å². The molecular weight excluding hydrogens is 270 g/mol. The number of aliphatic hydroxyl groups is 1. The van der Waals surface area contributed by atoms with Gasteiger partial charge in [-0.3, -0.25) is 14.5 Å². The van der Waals surface area contributed by atoms with Gasteiger partial charge in [0.25, 0.3) is 11.8 Å². The molecule has 6 heteroatoms. The van der Waals surface area contributed by atoms with E-state index in [1.165, 1.54) is 6.08 Å². The highest BCUT2D eigenvalue weighted by Crippen LogP contribution is 2.25. The molecule has 1 aromatic carbocycles. The van der Waals surface area contributed by atoms with E-state index in [0.29, 0.717) is 0 Å². The number of aryl methyl sites for hydroxylation is 1. The quantitative estimate of drug-likeness (QED) is 0.781. The predicted molar refractivity (Wildman–Crippen MR) is 81.0 cm³/mol. The van der Waals surface area contributed by atoms with Crippen LogP contribution in [0.4, 0.5) is 11.4 Å². The molecule has 0 bridgehead atoms. The Labute approximate surface area is 123 Å². The average molecular weight is 289 g/mol. The van der Waals surface area contributed by atoms with Gasteiger partial charge < -0.3 is 15.3 Å². The van der Waals surface area contributed by atoms with E-state index in [2.05, 4.69) is 5.32 Å². The van der Waals surface area contributed by atoms with Gasteiger partial charge >= 0.3 is 0 Å². The monoisotopic (exact) mass is 289 g/mol. The summed E-state index contributed by atoms with van der Waals surface area (Å²) in [6.45, 7) is 1.69. The van der Waals surface area contributed by atoms with Crippen LogP contribution in [0.3, 0.4) is 0 Å². The minimum Gasteiger partial charge on any atom is -0.395 e. The first-order valence-corrected chi connectivity index (χ1v) is 6.67. The van der Waals surface area contributed by atoms with Crippen molar-refractivity contribution in [2.45, 2.75) is 6.92 Å². The third-order valence-corrected chi connectivity index (χ3v) is 3.34. The van der Waals surface area contributed by atoms with E-state index in [4.69, 9.17) is 5.11 Å². The Morgan fingerprint density at radius 3 is 2.62 bits per heavy atom. The molecule has 0 atom stereocenters. The number of benzene rings is 1. The Balaban J connectivity index is 2.23. The van der Waals surface area contributed by atoms with Crippen LogP contribution in [-0.4, -0.2) is 49.1 Å². The lowest BCUT2D eigenvalue weighted by Gasteiger charge is -2.17. The summed E-state index contributed by atoms with van der Waals surface area (Å²) in [6, 6.07) is 5.85. The van der Waals surface area contributed by atoms with Gasteiger partial charge in [-0.15, -0.1) is 0 Å². The second-order valence-electron chi connectivity index (χ2n) is 5.10. The molecule has 1 aromatic rings. The minimum absolute atomic E-state index is 0.00999. The highest BCUT2D eigenvalue weighted by Gasteiger charge is 2.30. The third-order valence-electron chi connectivity index (χ3n) is 3.34. The molecule has 1 aliphatic heterocycles. The second kappa shape index (κ2) is 5.97. The van der Waals surface area contributed by atoms with Crippen LogP contribution in [0.15, 0.2) is 30.0 Å². The second-order valence-corrected chi connectivity index (χ2v) is 5.10. The van der Waals surface area contributed by atoms with E-state index in [0.717, 1.165) is 21.8 Å². The lowest BCUT2D eigenvalue weighted by molar-refractivity contribution is -0.137. The maximum atomic E-state index is 12.1. The largest absolute Gasteiger partial charge is 0.395 e. The first-order chi connectivity index (χ1) is 9.93. The third kappa shape index (κ3) is 3.05. The summed E-state index contributed by atoms with van der Waals surface area (Å²) in [5, 5.41) is 11.9. The van der Waals surface area contributed by atoms with Crippen molar-refractivity contribution in [1.82, 2.24) is 4.90 Å². The number of imide groups is 1. The molecular formula is C15H19N3O3. The molecule has 112 valence electrons. The van der Waals surface area contributed by atoms with Gasteiger partial charge in [0, 0.05) is 31.5 Å². The summed E-state index contributed by atoms with van der Waals surface area (Å²) >= 11 is 0. The zero-order valence-electron chi connectivity index (χ0n) is 12.4. The molecule has 0 fully saturated rings. The van der Waals surface area contributed by atoms with Crippen LogP contribution < -0.4 is 10.2 Å². The number of amides is 2. The summed E-state index contributed by atoms with van der Waals surface area (Å²) < 4.78 is 0. The Morgan fingerprint density at radius 1 is 1.29 bits per heavy atom. The maximum Gasteiger partial charge on any atom is 0.277 e. The number of hydrogen-bond donors (Lipinski definition) is 2. The Kier molecular flexibility index (Phi) is 4.28. The van der Waals surface area contributed by atoms with Gasteiger partial charge in [0.2, 0.25) is 0 Å². The molecule has 0 aromatic heterocycles. The van der Waals surface area contributed by atoms with Crippen LogP contribution in [0.25, 0.3) is 0 Å². The highest BCUT2D eigenvalue weighted by molar-refractivity contribution is 6.17. The molecule has 1 heterocycles. The van der Waals surface area contributed by atoms with Gasteiger partial charge in [-0.2, -0.15) is 0 Å². The number of aliphatic hydroxyl groups excluding tert-OH is 1. The van der Waals surface area contributed by atoms with Crippen LogP contribution in [-0.2, 0) is 9.59 Å². The van der Waals surface area contributed by atoms with Crippen LogP contribution in [0.2, 0.25) is 0 Å². The standard InChI is InChI=1S/C15H19N3O3/c1-10-4-5-11(17(2)3)8-12(10)16-13-9-14(20)18(6-7-19)15(13)21/h4-5,8-9,16,19H,6-7H2,1-3H3. The molecule has 0 saturated carbocycles. The normalized spacial score (nSPS) is 14.5. The fourth-order valence-corrected chi connectivity index (χ4v) is 2.08. The van der Waals surface area contributed by atoms with Crippen molar-refractivity contribution in [3.63, 3.8) is 0 Å². The molecule has 0 aliphatic carbocycles. The van der Waals surface area contributed by atoms with Gasteiger partial charge in [0.05, 0.1) is 13.2 Å². The molecule has 0 spiro atoms. The van der Waals surface area contributed by atoms with Gasteiger partial charge in [-0.1, -0.05) is 6.07 Å². The molecule has 1 aliphatic rings. The van der Waals surface area contributed by atoms with Gasteiger partial charge in [-0.05, 0) is 24.6 Å². The fourth-order valence-electron chi connectivity index (χ4n) is 2.08. The number of nitrogens with zero attached hydrogens (tertiary/aromatic N) is 2. The van der Waals surface area contributed by atoms with Gasteiger partial charge in [0.1, 0.15) is 5.70 Å². The van der Waals surface area contributed by atoms with Crippen molar-refractivity contribution in [2.24, 2.45) is 0 Å². The first-order valence-electron chi connectivity index (χ1n) is 6.67. The molecule has 0 radical (unpaired) electrons. The van der Waals surface area contributed by atoms with E-state index in [1.807, 2.05) is 44.1 Å². The van der Waals surface area contributed by atoms with E-state index < -0.39 is 11.8 Å². The SMILES string of the molecule is Cc1ccc(N(C)C)cc1NC1=CC(=O)N(CCO)C1=O. The topological polar surface area (TPSA) is 72.9 Å². The van der Waals surface area contributed by atoms with Crippen molar-refractivity contribution in [2.75, 3.05) is 37.5 Å². The predicted octanol–water partition coefficient (Wildman–Crippen LogP) is 0.718. The van der Waals surface area contributed by atoms with E-state index in [-0.39, 0.29) is 18.8 Å². The smallest absolute Gasteiger partial charge is 0.277 e. The first kappa shape index (κ1) is 15.1. The fraction of sp³-hybridized carbons (Fsp3) is 0.333. The Morgan fingerprint density at radius 2 is 2.00 bits per heavy atom. The molecule has 0 unspecified atom stereocenters. The van der Waals surface area contributed by atoms with E-state index >= 15 is 0 Å². The zero-order chi connectivity index (χ0) is 15.6. The summed E-state index contributed by atoms with van der Waals surface area (Å²) in [5.41, 5.74) is 2.97. The number of β-amino-alcohol motifs (C(OH)–C–C–N with tert-alkyl or cyclic N) is 1. The Bertz CT molecular complexity index is 608. The molecule has 2 amide bonds. The van der Waals surface area contributed by atoms with Crippen molar-refractivity contribution in [1.29, 1.82) is 0 Å². The molecule has 0 saturated heterocycles. The average Bonchev–Trinajstić information content (AvgIpc) is 2.69. The van der Waals surface area contributed by atoms with Gasteiger partial charge in [-0.25, -0.2) is 0 Å². The molecule has 21 heavy (non-hydrogen) atoms. The van der Waals surface area contributed by atoms with Crippen molar-refractivity contribution < 1.29 is 14.7 Å². The summed E-state index contributed by atoms with van der Waals surface area (Å²) in [5.74, 6) is -0.818. The number of nitrogens with one attached hydrogen (secondary N) is 1. The van der Waals surface area contributed by atoms with Crippen LogP contribution in [0, 0.1) is 6.92 Å². The zero-order valence-corrected chi connectivity index (χ0v) is 12.4. The number of carbonyl (C=O) groups is 2. The summed E-state index contributed by atoms with van der Waals surface area (Å²) in [7, 11) is 3.86. The lowest BCUT2D eigenvalue weighted by Crippen LogP contribution is -2.34. The van der Waals surface area contributed by atoms with Crippen LogP contribution >= 0.6 is 0 Å².